The van der Waals surface area contributed by atoms with Gasteiger partial charge in [-0.05, 0) is 24.6 Å². The number of benzene rings is 2. The van der Waals surface area contributed by atoms with E-state index in [1.165, 1.54) is 6.07 Å². The second-order valence-corrected chi connectivity index (χ2v) is 5.81. The third kappa shape index (κ3) is 3.01. The zero-order chi connectivity index (χ0) is 17.2. The van der Waals surface area contributed by atoms with Crippen molar-refractivity contribution in [3.05, 3.63) is 88.3 Å². The van der Waals surface area contributed by atoms with Crippen LogP contribution in [0.5, 0.6) is 0 Å². The number of aryl methyl sites for hydroxylation is 1. The molecule has 0 spiro atoms. The van der Waals surface area contributed by atoms with Crippen molar-refractivity contribution in [2.75, 3.05) is 10.6 Å². The average Bonchev–Trinajstić information content (AvgIpc) is 2.62. The predicted octanol–water partition coefficient (Wildman–Crippen LogP) is 2.99. The Labute approximate surface area is 144 Å². The van der Waals surface area contributed by atoms with Gasteiger partial charge in [0.2, 0.25) is 11.9 Å². The fraction of sp³-hybridized carbons (Fsp3) is 0.105. The molecule has 2 N–H and O–H groups in total. The van der Waals surface area contributed by atoms with Gasteiger partial charge in [-0.2, -0.15) is 0 Å². The van der Waals surface area contributed by atoms with E-state index in [9.17, 15) is 4.79 Å². The normalized spacial score (nSPS) is 15.7. The second-order valence-electron chi connectivity index (χ2n) is 5.81. The molecule has 0 fully saturated rings. The Kier molecular flexibility index (Phi) is 3.78. The SMILES string of the molecule is Cc1cc(=O)n2c(n1)NC(Nc1ccccc1)=NC2c1ccccc1. The van der Waals surface area contributed by atoms with Crippen molar-refractivity contribution >= 4 is 17.6 Å². The quantitative estimate of drug-likeness (QED) is 0.757. The van der Waals surface area contributed by atoms with Crippen LogP contribution in [-0.2, 0) is 0 Å². The predicted molar refractivity (Wildman–Crippen MR) is 98.9 cm³/mol. The minimum absolute atomic E-state index is 0.133. The number of aliphatic imine (C=N–C) groups is 1. The molecule has 0 bridgehead atoms. The zero-order valence-corrected chi connectivity index (χ0v) is 13.7. The highest BCUT2D eigenvalue weighted by Crippen LogP contribution is 2.25. The topological polar surface area (TPSA) is 71.3 Å². The van der Waals surface area contributed by atoms with Gasteiger partial charge in [0.15, 0.2) is 6.17 Å². The van der Waals surface area contributed by atoms with E-state index in [-0.39, 0.29) is 5.56 Å². The van der Waals surface area contributed by atoms with Gasteiger partial charge < -0.3 is 5.32 Å². The molecule has 25 heavy (non-hydrogen) atoms. The molecule has 1 aromatic heterocycles. The summed E-state index contributed by atoms with van der Waals surface area (Å²) in [6.45, 7) is 1.80. The molecule has 2 aromatic carbocycles. The molecular formula is C19H17N5O. The van der Waals surface area contributed by atoms with Gasteiger partial charge in [0.25, 0.3) is 5.56 Å². The second kappa shape index (κ2) is 6.24. The number of fused-ring (bicyclic) bond motifs is 1. The highest BCUT2D eigenvalue weighted by atomic mass is 16.1. The lowest BCUT2D eigenvalue weighted by atomic mass is 10.1. The number of aromatic nitrogens is 2. The molecule has 6 heteroatoms. The van der Waals surface area contributed by atoms with Crippen LogP contribution < -0.4 is 16.2 Å². The summed E-state index contributed by atoms with van der Waals surface area (Å²) >= 11 is 0. The van der Waals surface area contributed by atoms with Gasteiger partial charge in [-0.25, -0.2) is 9.98 Å². The smallest absolute Gasteiger partial charge is 0.257 e. The van der Waals surface area contributed by atoms with Crippen LogP contribution in [-0.4, -0.2) is 15.5 Å². The Morgan fingerprint density at radius 3 is 2.44 bits per heavy atom. The van der Waals surface area contributed by atoms with Crippen LogP contribution in [0.1, 0.15) is 17.4 Å². The van der Waals surface area contributed by atoms with Crippen molar-refractivity contribution in [3.8, 4) is 0 Å². The average molecular weight is 331 g/mol. The number of nitrogens with one attached hydrogen (secondary N) is 2. The molecule has 0 saturated carbocycles. The van der Waals surface area contributed by atoms with Crippen LogP contribution in [0, 0.1) is 6.92 Å². The lowest BCUT2D eigenvalue weighted by molar-refractivity contribution is 0.577. The number of anilines is 2. The summed E-state index contributed by atoms with van der Waals surface area (Å²) < 4.78 is 1.57. The first-order valence-electron chi connectivity index (χ1n) is 8.03. The van der Waals surface area contributed by atoms with E-state index in [1.807, 2.05) is 60.7 Å². The van der Waals surface area contributed by atoms with Crippen LogP contribution in [0.25, 0.3) is 0 Å². The Hall–Kier alpha value is -3.41. The Morgan fingerprint density at radius 2 is 1.72 bits per heavy atom. The fourth-order valence-electron chi connectivity index (χ4n) is 2.82. The minimum Gasteiger partial charge on any atom is -0.326 e. The number of para-hydroxylation sites is 1. The van der Waals surface area contributed by atoms with E-state index < -0.39 is 6.17 Å². The molecular weight excluding hydrogens is 314 g/mol. The van der Waals surface area contributed by atoms with E-state index >= 15 is 0 Å². The molecule has 1 aliphatic heterocycles. The molecule has 0 saturated heterocycles. The van der Waals surface area contributed by atoms with Crippen molar-refractivity contribution in [3.63, 3.8) is 0 Å². The Bertz CT molecular complexity index is 980. The van der Waals surface area contributed by atoms with Crippen LogP contribution in [0.15, 0.2) is 76.5 Å². The van der Waals surface area contributed by atoms with Crippen LogP contribution in [0.4, 0.5) is 11.6 Å². The molecule has 6 nitrogen and oxygen atoms in total. The summed E-state index contributed by atoms with van der Waals surface area (Å²) in [5.74, 6) is 1.03. The summed E-state index contributed by atoms with van der Waals surface area (Å²) in [7, 11) is 0. The third-order valence-corrected chi connectivity index (χ3v) is 3.94. The maximum Gasteiger partial charge on any atom is 0.257 e. The minimum atomic E-state index is -0.468. The zero-order valence-electron chi connectivity index (χ0n) is 13.7. The van der Waals surface area contributed by atoms with Gasteiger partial charge in [-0.15, -0.1) is 0 Å². The van der Waals surface area contributed by atoms with Crippen LogP contribution in [0.2, 0.25) is 0 Å². The summed E-state index contributed by atoms with van der Waals surface area (Å²) in [5, 5.41) is 6.36. The lowest BCUT2D eigenvalue weighted by Crippen LogP contribution is -2.37. The molecule has 1 atom stereocenters. The molecule has 0 aliphatic carbocycles. The van der Waals surface area contributed by atoms with Crippen molar-refractivity contribution < 1.29 is 0 Å². The largest absolute Gasteiger partial charge is 0.326 e. The molecule has 2 heterocycles. The standard InChI is InChI=1S/C19H17N5O/c1-13-12-16(25)24-17(14-8-4-2-5-9-14)22-18(23-19(24)20-13)21-15-10-6-3-7-11-15/h2-12,17H,1H3,(H2,20,21,22,23). The summed E-state index contributed by atoms with van der Waals surface area (Å²) in [4.78, 5) is 21.7. The Balaban J connectivity index is 1.81. The van der Waals surface area contributed by atoms with Crippen LogP contribution >= 0.6 is 0 Å². The van der Waals surface area contributed by atoms with Gasteiger partial charge in [0, 0.05) is 17.4 Å². The monoisotopic (exact) mass is 331 g/mol. The van der Waals surface area contributed by atoms with Crippen molar-refractivity contribution in [2.45, 2.75) is 13.1 Å². The molecule has 0 radical (unpaired) electrons. The first kappa shape index (κ1) is 15.1. The number of nitrogens with zero attached hydrogens (tertiary/aromatic N) is 3. The number of hydrogen-bond donors (Lipinski definition) is 2. The van der Waals surface area contributed by atoms with Gasteiger partial charge in [-0.1, -0.05) is 48.5 Å². The number of hydrogen-bond acceptors (Lipinski definition) is 5. The van der Waals surface area contributed by atoms with Crippen molar-refractivity contribution in [1.29, 1.82) is 0 Å². The third-order valence-electron chi connectivity index (χ3n) is 3.94. The number of guanidine groups is 1. The van der Waals surface area contributed by atoms with E-state index in [0.29, 0.717) is 17.6 Å². The highest BCUT2D eigenvalue weighted by Gasteiger charge is 2.24. The molecule has 0 amide bonds. The molecule has 1 unspecified atom stereocenters. The van der Waals surface area contributed by atoms with Gasteiger partial charge >= 0.3 is 0 Å². The van der Waals surface area contributed by atoms with Crippen molar-refractivity contribution in [2.24, 2.45) is 4.99 Å². The summed E-state index contributed by atoms with van der Waals surface area (Å²) in [5.41, 5.74) is 2.36. The van der Waals surface area contributed by atoms with Crippen LogP contribution in [0.3, 0.4) is 0 Å². The first-order chi connectivity index (χ1) is 12.2. The van der Waals surface area contributed by atoms with E-state index in [2.05, 4.69) is 15.6 Å². The molecule has 124 valence electrons. The van der Waals surface area contributed by atoms with Gasteiger partial charge in [-0.3, -0.25) is 14.7 Å². The lowest BCUT2D eigenvalue weighted by Gasteiger charge is -2.27. The highest BCUT2D eigenvalue weighted by molar-refractivity contribution is 6.03. The van der Waals surface area contributed by atoms with Gasteiger partial charge in [0.05, 0.1) is 0 Å². The molecule has 3 aromatic rings. The van der Waals surface area contributed by atoms with Gasteiger partial charge in [0.1, 0.15) is 0 Å². The maximum absolute atomic E-state index is 12.5. The Morgan fingerprint density at radius 1 is 1.04 bits per heavy atom. The number of rotatable bonds is 2. The fourth-order valence-corrected chi connectivity index (χ4v) is 2.82. The van der Waals surface area contributed by atoms with E-state index in [1.54, 1.807) is 11.5 Å². The van der Waals surface area contributed by atoms with E-state index in [4.69, 9.17) is 4.99 Å². The first-order valence-corrected chi connectivity index (χ1v) is 8.03. The summed E-state index contributed by atoms with van der Waals surface area (Å²) in [6, 6.07) is 21.0. The maximum atomic E-state index is 12.5. The van der Waals surface area contributed by atoms with Crippen molar-refractivity contribution in [1.82, 2.24) is 9.55 Å². The van der Waals surface area contributed by atoms with E-state index in [0.717, 1.165) is 11.3 Å². The molecule has 1 aliphatic rings. The molecule has 4 rings (SSSR count). The summed E-state index contributed by atoms with van der Waals surface area (Å²) in [6.07, 6.45) is -0.468.